The summed E-state index contributed by atoms with van der Waals surface area (Å²) in [6.07, 6.45) is 0. The predicted octanol–water partition coefficient (Wildman–Crippen LogP) is 3.92. The number of benzene rings is 2. The van der Waals surface area contributed by atoms with Crippen molar-refractivity contribution in [1.82, 2.24) is 15.0 Å². The van der Waals surface area contributed by atoms with Crippen molar-refractivity contribution in [2.75, 3.05) is 31.5 Å². The Labute approximate surface area is 182 Å². The highest BCUT2D eigenvalue weighted by Crippen LogP contribution is 2.23. The third kappa shape index (κ3) is 5.71. The van der Waals surface area contributed by atoms with Gasteiger partial charge in [-0.25, -0.2) is 0 Å². The molecule has 4 rings (SSSR count). The van der Waals surface area contributed by atoms with Crippen molar-refractivity contribution in [2.24, 2.45) is 0 Å². The summed E-state index contributed by atoms with van der Waals surface area (Å²) in [5, 5.41) is 7.08. The molecule has 0 saturated carbocycles. The van der Waals surface area contributed by atoms with E-state index in [1.54, 1.807) is 0 Å². The first-order chi connectivity index (χ1) is 15.1. The molecule has 0 spiro atoms. The third-order valence-corrected chi connectivity index (χ3v) is 5.50. The Kier molecular flexibility index (Phi) is 6.64. The summed E-state index contributed by atoms with van der Waals surface area (Å²) in [7, 11) is 0. The summed E-state index contributed by atoms with van der Waals surface area (Å²) in [5.41, 5.74) is 1.72. The highest BCUT2D eigenvalue weighted by molar-refractivity contribution is 5.94. The van der Waals surface area contributed by atoms with E-state index in [2.05, 4.69) is 20.3 Å². The molecule has 1 N–H and O–H groups in total. The molecule has 2 heterocycles. The van der Waals surface area contributed by atoms with Gasteiger partial charge in [-0.05, 0) is 50.2 Å². The minimum Gasteiger partial charge on any atom is -0.457 e. The van der Waals surface area contributed by atoms with Crippen LogP contribution in [0.25, 0.3) is 0 Å². The van der Waals surface area contributed by atoms with Gasteiger partial charge in [0.2, 0.25) is 5.91 Å². The van der Waals surface area contributed by atoms with Crippen LogP contribution >= 0.6 is 0 Å². The van der Waals surface area contributed by atoms with E-state index >= 15 is 0 Å². The molecule has 1 fully saturated rings. The van der Waals surface area contributed by atoms with Crippen molar-refractivity contribution in [3.63, 3.8) is 0 Å². The maximum Gasteiger partial charge on any atom is 0.241 e. The molecule has 1 aromatic heterocycles. The summed E-state index contributed by atoms with van der Waals surface area (Å²) in [6.45, 7) is 8.12. The summed E-state index contributed by atoms with van der Waals surface area (Å²) in [4.78, 5) is 17.3. The normalized spacial score (nSPS) is 16.1. The van der Waals surface area contributed by atoms with Gasteiger partial charge in [0.05, 0.1) is 11.7 Å². The molecule has 1 amide bonds. The predicted molar refractivity (Wildman–Crippen MR) is 119 cm³/mol. The van der Waals surface area contributed by atoms with Crippen molar-refractivity contribution in [3.05, 3.63) is 72.1 Å². The third-order valence-electron chi connectivity index (χ3n) is 5.50. The Morgan fingerprint density at radius 3 is 2.39 bits per heavy atom. The first kappa shape index (κ1) is 21.1. The maximum absolute atomic E-state index is 12.7. The Balaban J connectivity index is 1.25. The van der Waals surface area contributed by atoms with Crippen molar-refractivity contribution in [2.45, 2.75) is 26.4 Å². The van der Waals surface area contributed by atoms with Crippen LogP contribution in [0.5, 0.6) is 11.5 Å². The smallest absolute Gasteiger partial charge is 0.241 e. The van der Waals surface area contributed by atoms with Crippen LogP contribution in [-0.4, -0.2) is 53.1 Å². The number of carbonyl (C=O) groups excluding carboxylic acids is 1. The van der Waals surface area contributed by atoms with Crippen LogP contribution < -0.4 is 10.1 Å². The number of para-hydroxylation sites is 1. The summed E-state index contributed by atoms with van der Waals surface area (Å²) in [6, 6.07) is 18.8. The lowest BCUT2D eigenvalue weighted by atomic mass is 10.2. The van der Waals surface area contributed by atoms with Crippen molar-refractivity contribution >= 4 is 11.6 Å². The topological polar surface area (TPSA) is 70.8 Å². The monoisotopic (exact) mass is 420 g/mol. The second-order valence-electron chi connectivity index (χ2n) is 7.85. The Hall–Kier alpha value is -3.16. The molecule has 31 heavy (non-hydrogen) atoms. The Morgan fingerprint density at radius 1 is 1.06 bits per heavy atom. The van der Waals surface area contributed by atoms with Gasteiger partial charge in [0.25, 0.3) is 0 Å². The van der Waals surface area contributed by atoms with E-state index in [0.29, 0.717) is 0 Å². The van der Waals surface area contributed by atoms with Gasteiger partial charge < -0.3 is 14.6 Å². The van der Waals surface area contributed by atoms with Gasteiger partial charge in [-0.1, -0.05) is 23.4 Å². The lowest BCUT2D eigenvalue weighted by Crippen LogP contribution is -2.52. The standard InChI is InChI=1S/C24H28N4O3/c1-18-16-21(26-31-18)17-27-12-14-28(15-13-27)19(2)24(29)25-20-8-10-23(11-9-20)30-22-6-4-3-5-7-22/h3-11,16,19H,12-15,17H2,1-2H3,(H,25,29)/t19-/m0/s1. The number of carbonyl (C=O) groups is 1. The van der Waals surface area contributed by atoms with E-state index in [4.69, 9.17) is 9.26 Å². The molecule has 7 nitrogen and oxygen atoms in total. The molecule has 7 heteroatoms. The second kappa shape index (κ2) is 9.76. The fraction of sp³-hybridized carbons (Fsp3) is 0.333. The summed E-state index contributed by atoms with van der Waals surface area (Å²) < 4.78 is 10.9. The minimum atomic E-state index is -0.198. The van der Waals surface area contributed by atoms with Crippen LogP contribution in [0.3, 0.4) is 0 Å². The van der Waals surface area contributed by atoms with Gasteiger partial charge in [0.1, 0.15) is 17.3 Å². The van der Waals surface area contributed by atoms with E-state index in [-0.39, 0.29) is 11.9 Å². The Morgan fingerprint density at radius 2 is 1.74 bits per heavy atom. The van der Waals surface area contributed by atoms with Crippen LogP contribution in [0.2, 0.25) is 0 Å². The van der Waals surface area contributed by atoms with Crippen molar-refractivity contribution < 1.29 is 14.1 Å². The number of hydrogen-bond donors (Lipinski definition) is 1. The highest BCUT2D eigenvalue weighted by atomic mass is 16.5. The van der Waals surface area contributed by atoms with Crippen LogP contribution in [0.15, 0.2) is 65.2 Å². The molecule has 0 radical (unpaired) electrons. The molecule has 1 aliphatic rings. The molecule has 1 saturated heterocycles. The van der Waals surface area contributed by atoms with Gasteiger partial charge in [0.15, 0.2) is 0 Å². The highest BCUT2D eigenvalue weighted by Gasteiger charge is 2.26. The summed E-state index contributed by atoms with van der Waals surface area (Å²) in [5.74, 6) is 2.34. The number of nitrogens with one attached hydrogen (secondary N) is 1. The van der Waals surface area contributed by atoms with E-state index in [1.165, 1.54) is 0 Å². The van der Waals surface area contributed by atoms with Gasteiger partial charge in [-0.3, -0.25) is 14.6 Å². The molecule has 0 bridgehead atoms. The number of rotatable bonds is 7. The van der Waals surface area contributed by atoms with Gasteiger partial charge in [-0.15, -0.1) is 0 Å². The molecule has 1 atom stereocenters. The average Bonchev–Trinajstić information content (AvgIpc) is 3.20. The molecular weight excluding hydrogens is 392 g/mol. The zero-order chi connectivity index (χ0) is 21.6. The molecule has 162 valence electrons. The first-order valence-electron chi connectivity index (χ1n) is 10.6. The van der Waals surface area contributed by atoms with Gasteiger partial charge in [-0.2, -0.15) is 0 Å². The van der Waals surface area contributed by atoms with Gasteiger partial charge in [0, 0.05) is 44.5 Å². The lowest BCUT2D eigenvalue weighted by molar-refractivity contribution is -0.121. The van der Waals surface area contributed by atoms with Gasteiger partial charge >= 0.3 is 0 Å². The zero-order valence-corrected chi connectivity index (χ0v) is 18.0. The summed E-state index contributed by atoms with van der Waals surface area (Å²) >= 11 is 0. The fourth-order valence-electron chi connectivity index (χ4n) is 3.67. The number of aromatic nitrogens is 1. The molecule has 2 aromatic carbocycles. The number of hydrogen-bond acceptors (Lipinski definition) is 6. The maximum atomic E-state index is 12.7. The second-order valence-corrected chi connectivity index (χ2v) is 7.85. The molecule has 3 aromatic rings. The Bertz CT molecular complexity index is 980. The van der Waals surface area contributed by atoms with E-state index < -0.39 is 0 Å². The van der Waals surface area contributed by atoms with Crippen molar-refractivity contribution in [3.8, 4) is 11.5 Å². The quantitative estimate of drug-likeness (QED) is 0.625. The molecular formula is C24H28N4O3. The SMILES string of the molecule is Cc1cc(CN2CCN([C@@H](C)C(=O)Nc3ccc(Oc4ccccc4)cc3)CC2)no1. The molecule has 0 unspecified atom stereocenters. The largest absolute Gasteiger partial charge is 0.457 e. The number of amides is 1. The number of nitrogens with zero attached hydrogens (tertiary/aromatic N) is 3. The van der Waals surface area contributed by atoms with E-state index in [0.717, 1.165) is 61.4 Å². The zero-order valence-electron chi connectivity index (χ0n) is 18.0. The fourth-order valence-corrected chi connectivity index (χ4v) is 3.67. The first-order valence-corrected chi connectivity index (χ1v) is 10.6. The van der Waals surface area contributed by atoms with Crippen molar-refractivity contribution in [1.29, 1.82) is 0 Å². The number of piperazine rings is 1. The lowest BCUT2D eigenvalue weighted by Gasteiger charge is -2.37. The van der Waals surface area contributed by atoms with E-state index in [9.17, 15) is 4.79 Å². The van der Waals surface area contributed by atoms with Crippen LogP contribution in [-0.2, 0) is 11.3 Å². The average molecular weight is 421 g/mol. The van der Waals surface area contributed by atoms with Crippen LogP contribution in [0.4, 0.5) is 5.69 Å². The number of anilines is 1. The molecule has 1 aliphatic heterocycles. The van der Waals surface area contributed by atoms with Crippen LogP contribution in [0, 0.1) is 6.92 Å². The van der Waals surface area contributed by atoms with E-state index in [1.807, 2.05) is 74.5 Å². The number of ether oxygens (including phenoxy) is 1. The number of aryl methyl sites for hydroxylation is 1. The minimum absolute atomic E-state index is 0.00250. The van der Waals surface area contributed by atoms with Crippen LogP contribution in [0.1, 0.15) is 18.4 Å². The molecule has 0 aliphatic carbocycles.